The summed E-state index contributed by atoms with van der Waals surface area (Å²) >= 11 is 17.4. The molecule has 16 heavy (non-hydrogen) atoms. The van der Waals surface area contributed by atoms with Crippen molar-refractivity contribution in [2.45, 2.75) is 11.8 Å². The third kappa shape index (κ3) is 3.24. The molecule has 0 saturated heterocycles. The van der Waals surface area contributed by atoms with Crippen molar-refractivity contribution in [1.29, 1.82) is 0 Å². The quantitative estimate of drug-likeness (QED) is 0.632. The standard InChI is InChI=1S/C12H9BrCl2S/c13-12-6-9(7-16-12)11(15)5-8-2-1-3-10(14)4-8/h1-4,6-7,11H,5H2. The number of halogens is 3. The van der Waals surface area contributed by atoms with E-state index in [1.54, 1.807) is 11.3 Å². The molecule has 0 bridgehead atoms. The monoisotopic (exact) mass is 334 g/mol. The van der Waals surface area contributed by atoms with Crippen LogP contribution in [0.2, 0.25) is 5.02 Å². The average molecular weight is 336 g/mol. The molecule has 2 rings (SSSR count). The van der Waals surface area contributed by atoms with Gasteiger partial charge in [0.1, 0.15) is 0 Å². The van der Waals surface area contributed by atoms with Crippen molar-refractivity contribution in [2.75, 3.05) is 0 Å². The van der Waals surface area contributed by atoms with E-state index >= 15 is 0 Å². The average Bonchev–Trinajstić information content (AvgIpc) is 2.65. The SMILES string of the molecule is Clc1cccc(CC(Cl)c2csc(Br)c2)c1. The Morgan fingerprint density at radius 2 is 2.12 bits per heavy atom. The normalized spacial score (nSPS) is 12.7. The summed E-state index contributed by atoms with van der Waals surface area (Å²) in [5, 5.41) is 2.83. The smallest absolute Gasteiger partial charge is 0.0701 e. The van der Waals surface area contributed by atoms with Crippen LogP contribution in [0.4, 0.5) is 0 Å². The zero-order valence-corrected chi connectivity index (χ0v) is 12.2. The Labute approximate surface area is 117 Å². The first-order chi connectivity index (χ1) is 7.65. The van der Waals surface area contributed by atoms with Crippen molar-refractivity contribution in [3.63, 3.8) is 0 Å². The molecule has 0 aliphatic carbocycles. The molecule has 0 aliphatic heterocycles. The van der Waals surface area contributed by atoms with Gasteiger partial charge in [-0.1, -0.05) is 23.7 Å². The maximum absolute atomic E-state index is 6.35. The minimum absolute atomic E-state index is 0.000941. The van der Waals surface area contributed by atoms with E-state index < -0.39 is 0 Å². The van der Waals surface area contributed by atoms with Crippen LogP contribution in [0.1, 0.15) is 16.5 Å². The number of thiophene rings is 1. The van der Waals surface area contributed by atoms with Crippen LogP contribution in [0.25, 0.3) is 0 Å². The lowest BCUT2D eigenvalue weighted by Gasteiger charge is -2.07. The number of hydrogen-bond acceptors (Lipinski definition) is 1. The Kier molecular flexibility index (Phi) is 4.31. The van der Waals surface area contributed by atoms with Gasteiger partial charge in [0.25, 0.3) is 0 Å². The molecular weight excluding hydrogens is 327 g/mol. The van der Waals surface area contributed by atoms with Crippen LogP contribution in [-0.2, 0) is 6.42 Å². The van der Waals surface area contributed by atoms with Gasteiger partial charge < -0.3 is 0 Å². The summed E-state index contributed by atoms with van der Waals surface area (Å²) in [5.41, 5.74) is 2.31. The minimum Gasteiger partial charge on any atom is -0.136 e. The van der Waals surface area contributed by atoms with Gasteiger partial charge in [0.2, 0.25) is 0 Å². The van der Waals surface area contributed by atoms with E-state index in [1.807, 2.05) is 24.3 Å². The van der Waals surface area contributed by atoms with Crippen LogP contribution >= 0.6 is 50.5 Å². The molecular formula is C12H9BrCl2S. The molecule has 0 radical (unpaired) electrons. The summed E-state index contributed by atoms with van der Waals surface area (Å²) in [6, 6.07) is 9.88. The van der Waals surface area contributed by atoms with E-state index in [9.17, 15) is 0 Å². The largest absolute Gasteiger partial charge is 0.136 e. The minimum atomic E-state index is 0.000941. The molecule has 0 fully saturated rings. The van der Waals surface area contributed by atoms with Gasteiger partial charge in [-0.3, -0.25) is 0 Å². The van der Waals surface area contributed by atoms with Crippen LogP contribution in [0, 0.1) is 0 Å². The molecule has 1 unspecified atom stereocenters. The van der Waals surface area contributed by atoms with E-state index in [0.29, 0.717) is 0 Å². The van der Waals surface area contributed by atoms with Crippen molar-refractivity contribution >= 4 is 50.5 Å². The number of rotatable bonds is 3. The molecule has 1 aromatic heterocycles. The number of alkyl halides is 1. The summed E-state index contributed by atoms with van der Waals surface area (Å²) in [7, 11) is 0. The van der Waals surface area contributed by atoms with Gasteiger partial charge in [-0.05, 0) is 57.1 Å². The Bertz CT molecular complexity index is 481. The molecule has 4 heteroatoms. The zero-order valence-electron chi connectivity index (χ0n) is 8.29. The van der Waals surface area contributed by atoms with Crippen LogP contribution in [-0.4, -0.2) is 0 Å². The van der Waals surface area contributed by atoms with Crippen LogP contribution in [0.15, 0.2) is 39.5 Å². The summed E-state index contributed by atoms with van der Waals surface area (Å²) in [5.74, 6) is 0. The second-order valence-electron chi connectivity index (χ2n) is 3.49. The van der Waals surface area contributed by atoms with Crippen LogP contribution < -0.4 is 0 Å². The topological polar surface area (TPSA) is 0 Å². The molecule has 0 N–H and O–H groups in total. The first kappa shape index (κ1) is 12.4. The lowest BCUT2D eigenvalue weighted by atomic mass is 10.1. The van der Waals surface area contributed by atoms with Crippen molar-refractivity contribution in [2.24, 2.45) is 0 Å². The van der Waals surface area contributed by atoms with Crippen LogP contribution in [0.3, 0.4) is 0 Å². The van der Waals surface area contributed by atoms with E-state index in [-0.39, 0.29) is 5.38 Å². The van der Waals surface area contributed by atoms with Gasteiger partial charge in [-0.2, -0.15) is 0 Å². The predicted molar refractivity (Wildman–Crippen MR) is 75.8 cm³/mol. The summed E-state index contributed by atoms with van der Waals surface area (Å²) < 4.78 is 1.11. The molecule has 1 aromatic carbocycles. The first-order valence-corrected chi connectivity index (χ1v) is 7.26. The fourth-order valence-electron chi connectivity index (χ4n) is 1.48. The maximum Gasteiger partial charge on any atom is 0.0701 e. The van der Waals surface area contributed by atoms with Gasteiger partial charge in [0, 0.05) is 5.02 Å². The highest BCUT2D eigenvalue weighted by Crippen LogP contribution is 2.31. The lowest BCUT2D eigenvalue weighted by Crippen LogP contribution is -1.93. The van der Waals surface area contributed by atoms with E-state index in [4.69, 9.17) is 23.2 Å². The van der Waals surface area contributed by atoms with Crippen molar-refractivity contribution in [3.8, 4) is 0 Å². The van der Waals surface area contributed by atoms with E-state index in [0.717, 1.165) is 26.4 Å². The highest BCUT2D eigenvalue weighted by atomic mass is 79.9. The first-order valence-electron chi connectivity index (χ1n) is 4.77. The van der Waals surface area contributed by atoms with Crippen LogP contribution in [0.5, 0.6) is 0 Å². The number of benzene rings is 1. The van der Waals surface area contributed by atoms with Crippen molar-refractivity contribution < 1.29 is 0 Å². The molecule has 1 heterocycles. The fourth-order valence-corrected chi connectivity index (χ4v) is 3.30. The highest BCUT2D eigenvalue weighted by Gasteiger charge is 2.10. The predicted octanol–water partition coefficient (Wildman–Crippen LogP) is 5.69. The molecule has 0 aliphatic rings. The molecule has 0 spiro atoms. The van der Waals surface area contributed by atoms with Gasteiger partial charge in [0.15, 0.2) is 0 Å². The third-order valence-corrected chi connectivity index (χ3v) is 4.42. The maximum atomic E-state index is 6.35. The van der Waals surface area contributed by atoms with Gasteiger partial charge >= 0.3 is 0 Å². The van der Waals surface area contributed by atoms with E-state index in [2.05, 4.69) is 27.4 Å². The molecule has 0 amide bonds. The second kappa shape index (κ2) is 5.54. The van der Waals surface area contributed by atoms with Crippen molar-refractivity contribution in [1.82, 2.24) is 0 Å². The third-order valence-electron chi connectivity index (χ3n) is 2.25. The Morgan fingerprint density at radius 3 is 2.75 bits per heavy atom. The molecule has 0 saturated carbocycles. The fraction of sp³-hybridized carbons (Fsp3) is 0.167. The summed E-state index contributed by atoms with van der Waals surface area (Å²) in [6.45, 7) is 0. The van der Waals surface area contributed by atoms with Gasteiger partial charge in [-0.15, -0.1) is 22.9 Å². The molecule has 0 nitrogen and oxygen atoms in total. The molecule has 2 aromatic rings. The second-order valence-corrected chi connectivity index (χ2v) is 6.74. The van der Waals surface area contributed by atoms with Crippen molar-refractivity contribution in [3.05, 3.63) is 55.6 Å². The zero-order chi connectivity index (χ0) is 11.5. The Hall–Kier alpha value is -0.0200. The van der Waals surface area contributed by atoms with Gasteiger partial charge in [-0.25, -0.2) is 0 Å². The number of hydrogen-bond donors (Lipinski definition) is 0. The summed E-state index contributed by atoms with van der Waals surface area (Å²) in [4.78, 5) is 0. The Morgan fingerprint density at radius 1 is 1.31 bits per heavy atom. The molecule has 1 atom stereocenters. The van der Waals surface area contributed by atoms with E-state index in [1.165, 1.54) is 0 Å². The lowest BCUT2D eigenvalue weighted by molar-refractivity contribution is 0.925. The highest BCUT2D eigenvalue weighted by molar-refractivity contribution is 9.11. The summed E-state index contributed by atoms with van der Waals surface area (Å²) in [6.07, 6.45) is 0.797. The Balaban J connectivity index is 2.10. The molecule has 84 valence electrons. The van der Waals surface area contributed by atoms with Gasteiger partial charge in [0.05, 0.1) is 9.16 Å².